The van der Waals surface area contributed by atoms with Gasteiger partial charge in [0.25, 0.3) is 0 Å². The van der Waals surface area contributed by atoms with Crippen molar-refractivity contribution in [3.63, 3.8) is 0 Å². The second-order valence-corrected chi connectivity index (χ2v) is 9.13. The smallest absolute Gasteiger partial charge is 0.245 e. The fourth-order valence-corrected chi connectivity index (χ4v) is 6.21. The molecular formula is C12H18N2O4S2. The van der Waals surface area contributed by atoms with Crippen LogP contribution in [0.2, 0.25) is 0 Å². The van der Waals surface area contributed by atoms with Crippen LogP contribution in [0.5, 0.6) is 0 Å². The molecule has 6 nitrogen and oxygen atoms in total. The summed E-state index contributed by atoms with van der Waals surface area (Å²) in [6.45, 7) is 3.25. The summed E-state index contributed by atoms with van der Waals surface area (Å²) in [5, 5.41) is 0. The molecule has 1 atom stereocenters. The molecule has 0 saturated carbocycles. The number of nitrogens with two attached hydrogens (primary N) is 1. The Morgan fingerprint density at radius 1 is 1.35 bits per heavy atom. The third-order valence-corrected chi connectivity index (χ3v) is 7.45. The van der Waals surface area contributed by atoms with E-state index in [0.29, 0.717) is 5.56 Å². The van der Waals surface area contributed by atoms with Crippen molar-refractivity contribution in [2.75, 3.05) is 23.8 Å². The lowest BCUT2D eigenvalue weighted by Crippen LogP contribution is -2.49. The van der Waals surface area contributed by atoms with Crippen LogP contribution in [0.4, 0.5) is 5.69 Å². The summed E-state index contributed by atoms with van der Waals surface area (Å²) in [6.07, 6.45) is 0. The Morgan fingerprint density at radius 3 is 2.55 bits per heavy atom. The van der Waals surface area contributed by atoms with Crippen LogP contribution < -0.4 is 5.73 Å². The minimum Gasteiger partial charge on any atom is -0.398 e. The van der Waals surface area contributed by atoms with Crippen molar-refractivity contribution in [2.45, 2.75) is 24.8 Å². The zero-order chi connectivity index (χ0) is 15.1. The van der Waals surface area contributed by atoms with Crippen LogP contribution >= 0.6 is 0 Å². The molecule has 8 heteroatoms. The fourth-order valence-electron chi connectivity index (χ4n) is 2.49. The van der Waals surface area contributed by atoms with E-state index in [1.54, 1.807) is 26.0 Å². The Labute approximate surface area is 119 Å². The van der Waals surface area contributed by atoms with Gasteiger partial charge in [-0.25, -0.2) is 16.8 Å². The average molecular weight is 318 g/mol. The molecule has 0 radical (unpaired) electrons. The van der Waals surface area contributed by atoms with Crippen LogP contribution in [0, 0.1) is 6.92 Å². The van der Waals surface area contributed by atoms with Crippen molar-refractivity contribution >= 4 is 25.5 Å². The van der Waals surface area contributed by atoms with Gasteiger partial charge in [0, 0.05) is 12.6 Å². The van der Waals surface area contributed by atoms with Gasteiger partial charge < -0.3 is 5.73 Å². The molecule has 1 unspecified atom stereocenters. The third-order valence-electron chi connectivity index (χ3n) is 3.42. The number of hydrogen-bond acceptors (Lipinski definition) is 5. The van der Waals surface area contributed by atoms with Gasteiger partial charge in [0.1, 0.15) is 4.90 Å². The highest BCUT2D eigenvalue weighted by Gasteiger charge is 2.37. The Balaban J connectivity index is 2.47. The molecule has 2 rings (SSSR count). The molecule has 1 aromatic carbocycles. The Kier molecular flexibility index (Phi) is 3.83. The maximum atomic E-state index is 12.7. The summed E-state index contributed by atoms with van der Waals surface area (Å²) in [4.78, 5) is 0.0751. The van der Waals surface area contributed by atoms with E-state index in [9.17, 15) is 16.8 Å². The minimum atomic E-state index is -3.78. The number of sulfone groups is 1. The molecule has 1 saturated heterocycles. The summed E-state index contributed by atoms with van der Waals surface area (Å²) >= 11 is 0. The molecule has 20 heavy (non-hydrogen) atoms. The topological polar surface area (TPSA) is 97.5 Å². The van der Waals surface area contributed by atoms with Gasteiger partial charge in [0.2, 0.25) is 10.0 Å². The van der Waals surface area contributed by atoms with E-state index in [1.165, 1.54) is 10.4 Å². The number of benzene rings is 1. The normalized spacial score (nSPS) is 23.6. The highest BCUT2D eigenvalue weighted by molar-refractivity contribution is 7.92. The first-order valence-corrected chi connectivity index (χ1v) is 9.48. The first-order chi connectivity index (χ1) is 9.15. The van der Waals surface area contributed by atoms with Gasteiger partial charge >= 0.3 is 0 Å². The lowest BCUT2D eigenvalue weighted by molar-refractivity contribution is 0.357. The molecule has 1 aromatic rings. The number of hydrogen-bond donors (Lipinski definition) is 1. The van der Waals surface area contributed by atoms with E-state index in [0.717, 1.165) is 0 Å². The van der Waals surface area contributed by atoms with Gasteiger partial charge in [-0.2, -0.15) is 4.31 Å². The van der Waals surface area contributed by atoms with Crippen LogP contribution in [0.3, 0.4) is 0 Å². The lowest BCUT2D eigenvalue weighted by Gasteiger charge is -2.32. The van der Waals surface area contributed by atoms with Crippen molar-refractivity contribution in [3.05, 3.63) is 23.8 Å². The van der Waals surface area contributed by atoms with Crippen LogP contribution in [0.15, 0.2) is 23.1 Å². The van der Waals surface area contributed by atoms with Gasteiger partial charge in [-0.15, -0.1) is 0 Å². The number of aryl methyl sites for hydroxylation is 1. The predicted molar refractivity (Wildman–Crippen MR) is 77.6 cm³/mol. The highest BCUT2D eigenvalue weighted by Crippen LogP contribution is 2.28. The monoisotopic (exact) mass is 318 g/mol. The quantitative estimate of drug-likeness (QED) is 0.795. The Morgan fingerprint density at radius 2 is 2.00 bits per heavy atom. The van der Waals surface area contributed by atoms with Crippen LogP contribution in [0.25, 0.3) is 0 Å². The van der Waals surface area contributed by atoms with Gasteiger partial charge in [-0.3, -0.25) is 0 Å². The van der Waals surface area contributed by atoms with E-state index in [1.807, 2.05) is 0 Å². The zero-order valence-corrected chi connectivity index (χ0v) is 13.0. The maximum absolute atomic E-state index is 12.7. The standard InChI is InChI=1S/C12H18N2O4S2/c1-9-4-3-5-11(13)12(9)20(17,18)14-6-7-19(15,16)8-10(14)2/h3-5,10H,6-8,13H2,1-2H3. The molecule has 1 fully saturated rings. The lowest BCUT2D eigenvalue weighted by atomic mass is 10.2. The zero-order valence-electron chi connectivity index (χ0n) is 11.4. The first-order valence-electron chi connectivity index (χ1n) is 6.22. The Hall–Kier alpha value is -1.12. The van der Waals surface area contributed by atoms with Gasteiger partial charge in [0.05, 0.1) is 17.2 Å². The Bertz CT molecular complexity index is 706. The van der Waals surface area contributed by atoms with Crippen molar-refractivity contribution < 1.29 is 16.8 Å². The van der Waals surface area contributed by atoms with Crippen molar-refractivity contribution in [1.29, 1.82) is 0 Å². The first kappa shape index (κ1) is 15.3. The summed E-state index contributed by atoms with van der Waals surface area (Å²) in [5.74, 6) is -0.305. The minimum absolute atomic E-state index is 0.0282. The van der Waals surface area contributed by atoms with E-state index in [2.05, 4.69) is 0 Å². The molecule has 0 aromatic heterocycles. The van der Waals surface area contributed by atoms with Crippen LogP contribution in [0.1, 0.15) is 12.5 Å². The number of rotatable bonds is 2. The van der Waals surface area contributed by atoms with E-state index in [-0.39, 0.29) is 28.6 Å². The summed E-state index contributed by atoms with van der Waals surface area (Å²) in [6, 6.07) is 4.31. The molecule has 1 heterocycles. The third kappa shape index (κ3) is 2.68. The van der Waals surface area contributed by atoms with Crippen LogP contribution in [-0.4, -0.2) is 45.2 Å². The van der Waals surface area contributed by atoms with Crippen molar-refractivity contribution in [1.82, 2.24) is 4.31 Å². The maximum Gasteiger partial charge on any atom is 0.245 e. The van der Waals surface area contributed by atoms with E-state index < -0.39 is 25.9 Å². The summed E-state index contributed by atoms with van der Waals surface area (Å²) < 4.78 is 49.7. The SMILES string of the molecule is Cc1cccc(N)c1S(=O)(=O)N1CCS(=O)(=O)CC1C. The van der Waals surface area contributed by atoms with Crippen molar-refractivity contribution in [3.8, 4) is 0 Å². The largest absolute Gasteiger partial charge is 0.398 e. The molecule has 1 aliphatic heterocycles. The molecule has 0 spiro atoms. The van der Waals surface area contributed by atoms with Gasteiger partial charge in [-0.1, -0.05) is 12.1 Å². The van der Waals surface area contributed by atoms with Gasteiger partial charge in [-0.05, 0) is 25.5 Å². The summed E-state index contributed by atoms with van der Waals surface area (Å²) in [7, 11) is -6.94. The number of anilines is 1. The van der Waals surface area contributed by atoms with Gasteiger partial charge in [0.15, 0.2) is 9.84 Å². The second-order valence-electron chi connectivity index (χ2n) is 5.07. The molecule has 1 aliphatic rings. The summed E-state index contributed by atoms with van der Waals surface area (Å²) in [5.41, 5.74) is 6.54. The van der Waals surface area contributed by atoms with Crippen molar-refractivity contribution in [2.24, 2.45) is 0 Å². The fraction of sp³-hybridized carbons (Fsp3) is 0.500. The molecule has 0 aliphatic carbocycles. The van der Waals surface area contributed by atoms with Crippen LogP contribution in [-0.2, 0) is 19.9 Å². The molecule has 0 amide bonds. The number of nitrogen functional groups attached to an aromatic ring is 1. The molecular weight excluding hydrogens is 300 g/mol. The second kappa shape index (κ2) is 5.01. The molecule has 0 bridgehead atoms. The predicted octanol–water partition coefficient (Wildman–Crippen LogP) is 0.385. The average Bonchev–Trinajstić information content (AvgIpc) is 2.25. The van der Waals surface area contributed by atoms with E-state index in [4.69, 9.17) is 5.73 Å². The number of sulfonamides is 1. The molecule has 2 N–H and O–H groups in total. The highest BCUT2D eigenvalue weighted by atomic mass is 32.2. The number of nitrogens with zero attached hydrogens (tertiary/aromatic N) is 1. The van der Waals surface area contributed by atoms with E-state index >= 15 is 0 Å². The molecule has 112 valence electrons.